The monoisotopic (exact) mass is 752 g/mol. The van der Waals surface area contributed by atoms with Crippen molar-refractivity contribution in [3.63, 3.8) is 0 Å². The quantitative estimate of drug-likeness (QED) is 0.169. The second kappa shape index (κ2) is 13.4. The maximum Gasteiger partial charge on any atom is 0.135 e. The number of hydrogen-bond acceptors (Lipinski definition) is 2. The molecular formula is C56H36N2O. The molecule has 0 atom stereocenters. The van der Waals surface area contributed by atoms with E-state index in [0.29, 0.717) is 0 Å². The normalized spacial score (nSPS) is 11.7. The summed E-state index contributed by atoms with van der Waals surface area (Å²) in [5, 5.41) is 9.66. The van der Waals surface area contributed by atoms with Crippen LogP contribution in [0.25, 0.3) is 93.2 Å². The molecule has 2 aromatic heterocycles. The maximum absolute atomic E-state index is 6.12. The Morgan fingerprint density at radius 3 is 1.66 bits per heavy atom. The molecule has 0 fully saturated rings. The first-order valence-electron chi connectivity index (χ1n) is 20.2. The van der Waals surface area contributed by atoms with Gasteiger partial charge in [0.1, 0.15) is 11.2 Å². The molecule has 0 bridgehead atoms. The highest BCUT2D eigenvalue weighted by molar-refractivity contribution is 6.11. The number of para-hydroxylation sites is 2. The average molecular weight is 753 g/mol. The van der Waals surface area contributed by atoms with Crippen molar-refractivity contribution >= 4 is 82.4 Å². The van der Waals surface area contributed by atoms with E-state index in [9.17, 15) is 0 Å². The molecule has 10 aromatic carbocycles. The number of anilines is 3. The summed E-state index contributed by atoms with van der Waals surface area (Å²) in [6.45, 7) is 0. The average Bonchev–Trinajstić information content (AvgIpc) is 3.85. The van der Waals surface area contributed by atoms with Crippen LogP contribution in [0.1, 0.15) is 0 Å². The molecule has 0 amide bonds. The topological polar surface area (TPSA) is 21.3 Å². The Balaban J connectivity index is 0.937. The third-order valence-electron chi connectivity index (χ3n) is 12.0. The molecule has 0 radical (unpaired) electrons. The second-order valence-electron chi connectivity index (χ2n) is 15.4. The van der Waals surface area contributed by atoms with E-state index in [-0.39, 0.29) is 0 Å². The Morgan fingerprint density at radius 2 is 0.881 bits per heavy atom. The minimum Gasteiger partial charge on any atom is -0.456 e. The van der Waals surface area contributed by atoms with E-state index in [2.05, 4.69) is 216 Å². The van der Waals surface area contributed by atoms with Gasteiger partial charge in [-0.1, -0.05) is 140 Å². The van der Waals surface area contributed by atoms with Crippen molar-refractivity contribution in [1.82, 2.24) is 4.57 Å². The molecule has 59 heavy (non-hydrogen) atoms. The number of aromatic nitrogens is 1. The summed E-state index contributed by atoms with van der Waals surface area (Å²) in [7, 11) is 0. The van der Waals surface area contributed by atoms with Crippen molar-refractivity contribution in [2.24, 2.45) is 0 Å². The lowest BCUT2D eigenvalue weighted by molar-refractivity contribution is 0.669. The molecule has 12 rings (SSSR count). The van der Waals surface area contributed by atoms with Gasteiger partial charge >= 0.3 is 0 Å². The van der Waals surface area contributed by atoms with Crippen molar-refractivity contribution in [3.8, 4) is 27.9 Å². The minimum atomic E-state index is 0.907. The van der Waals surface area contributed by atoms with E-state index in [1.807, 2.05) is 12.1 Å². The van der Waals surface area contributed by atoms with Gasteiger partial charge in [0.25, 0.3) is 0 Å². The zero-order valence-electron chi connectivity index (χ0n) is 32.1. The number of nitrogens with zero attached hydrogens (tertiary/aromatic N) is 2. The lowest BCUT2D eigenvalue weighted by Gasteiger charge is -2.27. The van der Waals surface area contributed by atoms with Crippen LogP contribution in [0, 0.1) is 0 Å². The van der Waals surface area contributed by atoms with Crippen LogP contribution in [0.3, 0.4) is 0 Å². The zero-order valence-corrected chi connectivity index (χ0v) is 32.1. The van der Waals surface area contributed by atoms with Crippen molar-refractivity contribution in [1.29, 1.82) is 0 Å². The van der Waals surface area contributed by atoms with Crippen LogP contribution in [-0.4, -0.2) is 4.57 Å². The van der Waals surface area contributed by atoms with Crippen LogP contribution in [0.2, 0.25) is 0 Å². The Labute approximate surface area is 341 Å². The predicted molar refractivity (Wildman–Crippen MR) is 249 cm³/mol. The molecule has 0 spiro atoms. The third kappa shape index (κ3) is 5.51. The predicted octanol–water partition coefficient (Wildman–Crippen LogP) is 15.8. The molecule has 3 heteroatoms. The van der Waals surface area contributed by atoms with Gasteiger partial charge in [0.15, 0.2) is 0 Å². The summed E-state index contributed by atoms with van der Waals surface area (Å²) in [4.78, 5) is 2.38. The molecule has 0 aliphatic carbocycles. The maximum atomic E-state index is 6.12. The first-order valence-corrected chi connectivity index (χ1v) is 20.2. The number of hydrogen-bond donors (Lipinski definition) is 0. The number of fused-ring (bicyclic) bond motifs is 8. The van der Waals surface area contributed by atoms with E-state index in [4.69, 9.17) is 4.42 Å². The number of furan rings is 1. The van der Waals surface area contributed by atoms with Gasteiger partial charge in [-0.3, -0.25) is 0 Å². The number of benzene rings is 10. The molecule has 0 unspecified atom stereocenters. The van der Waals surface area contributed by atoms with Crippen LogP contribution in [0.15, 0.2) is 223 Å². The molecular weight excluding hydrogens is 717 g/mol. The van der Waals surface area contributed by atoms with E-state index in [1.165, 1.54) is 60.2 Å². The molecule has 2 heterocycles. The molecule has 3 nitrogen and oxygen atoms in total. The summed E-state index contributed by atoms with van der Waals surface area (Å²) >= 11 is 0. The molecule has 0 N–H and O–H groups in total. The van der Waals surface area contributed by atoms with Crippen molar-refractivity contribution < 1.29 is 4.42 Å². The van der Waals surface area contributed by atoms with E-state index >= 15 is 0 Å². The highest BCUT2D eigenvalue weighted by atomic mass is 16.3. The van der Waals surface area contributed by atoms with E-state index < -0.39 is 0 Å². The largest absolute Gasteiger partial charge is 0.456 e. The lowest BCUT2D eigenvalue weighted by Crippen LogP contribution is -2.10. The molecule has 12 aromatic rings. The first kappa shape index (κ1) is 33.3. The standard InChI is InChI=1S/C56H36N2O/c1-2-12-41-34-46(31-24-37(41)10-1)58-53-17-7-5-15-48(53)50-35-42(25-32-54(50)58)38-20-27-44(28-21-38)57(52-18-9-13-40-11-3-4-14-47(40)52)45-29-22-39(23-30-45)43-26-33-56-51(36-43)49-16-6-8-19-55(49)59-56/h1-36H. The van der Waals surface area contributed by atoms with Crippen LogP contribution in [-0.2, 0) is 0 Å². The molecule has 0 aliphatic heterocycles. The summed E-state index contributed by atoms with van der Waals surface area (Å²) < 4.78 is 8.52. The van der Waals surface area contributed by atoms with Gasteiger partial charge in [-0.25, -0.2) is 0 Å². The van der Waals surface area contributed by atoms with Gasteiger partial charge in [0.05, 0.1) is 16.7 Å². The van der Waals surface area contributed by atoms with Gasteiger partial charge in [0.2, 0.25) is 0 Å². The smallest absolute Gasteiger partial charge is 0.135 e. The van der Waals surface area contributed by atoms with Gasteiger partial charge in [-0.15, -0.1) is 0 Å². The van der Waals surface area contributed by atoms with Gasteiger partial charge in [-0.05, 0) is 117 Å². The fraction of sp³-hybridized carbons (Fsp3) is 0. The van der Waals surface area contributed by atoms with Crippen LogP contribution >= 0.6 is 0 Å². The van der Waals surface area contributed by atoms with Crippen LogP contribution in [0.4, 0.5) is 17.1 Å². The molecule has 0 aliphatic rings. The van der Waals surface area contributed by atoms with Gasteiger partial charge < -0.3 is 13.9 Å². The van der Waals surface area contributed by atoms with Crippen molar-refractivity contribution in [2.75, 3.05) is 4.90 Å². The fourth-order valence-electron chi connectivity index (χ4n) is 9.09. The lowest BCUT2D eigenvalue weighted by atomic mass is 10.0. The highest BCUT2D eigenvalue weighted by Crippen LogP contribution is 2.42. The molecule has 0 saturated carbocycles. The second-order valence-corrected chi connectivity index (χ2v) is 15.4. The Bertz CT molecular complexity index is 3550. The summed E-state index contributed by atoms with van der Waals surface area (Å²) in [6, 6.07) is 78.9. The molecule has 276 valence electrons. The van der Waals surface area contributed by atoms with Crippen molar-refractivity contribution in [3.05, 3.63) is 218 Å². The first-order chi connectivity index (χ1) is 29.2. The van der Waals surface area contributed by atoms with Crippen molar-refractivity contribution in [2.45, 2.75) is 0 Å². The summed E-state index contributed by atoms with van der Waals surface area (Å²) in [5.74, 6) is 0. The zero-order chi connectivity index (χ0) is 38.9. The molecule has 0 saturated heterocycles. The highest BCUT2D eigenvalue weighted by Gasteiger charge is 2.18. The summed E-state index contributed by atoms with van der Waals surface area (Å²) in [6.07, 6.45) is 0. The Kier molecular flexibility index (Phi) is 7.54. The summed E-state index contributed by atoms with van der Waals surface area (Å²) in [5.41, 5.74) is 13.4. The van der Waals surface area contributed by atoms with E-state index in [1.54, 1.807) is 0 Å². The minimum absolute atomic E-state index is 0.907. The van der Waals surface area contributed by atoms with Gasteiger partial charge in [0, 0.05) is 44.0 Å². The Morgan fingerprint density at radius 1 is 0.322 bits per heavy atom. The van der Waals surface area contributed by atoms with Gasteiger partial charge in [-0.2, -0.15) is 0 Å². The number of rotatable bonds is 6. The SMILES string of the molecule is c1ccc2cc(-n3c4ccccc4c4cc(-c5ccc(N(c6ccc(-c7ccc8oc9ccccc9c8c7)cc6)c6cccc7ccccc67)cc5)ccc43)ccc2c1. The van der Waals surface area contributed by atoms with Crippen LogP contribution in [0.5, 0.6) is 0 Å². The van der Waals surface area contributed by atoms with E-state index in [0.717, 1.165) is 50.1 Å². The van der Waals surface area contributed by atoms with Crippen LogP contribution < -0.4 is 4.90 Å². The Hall–Kier alpha value is -7.88. The fourth-order valence-corrected chi connectivity index (χ4v) is 9.09. The third-order valence-corrected chi connectivity index (χ3v) is 12.0.